The molecule has 0 bridgehead atoms. The average Bonchev–Trinajstić information content (AvgIpc) is 2.43. The minimum absolute atomic E-state index is 0.630. The lowest BCUT2D eigenvalue weighted by Gasteiger charge is -2.02. The highest BCUT2D eigenvalue weighted by molar-refractivity contribution is 5.50. The van der Waals surface area contributed by atoms with E-state index in [0.717, 1.165) is 13.0 Å². The molecule has 113 valence electrons. The lowest BCUT2D eigenvalue weighted by Crippen LogP contribution is -1.97. The molecule has 0 heterocycles. The zero-order valence-corrected chi connectivity index (χ0v) is 12.8. The molecule has 1 radical (unpaired) electrons. The maximum absolute atomic E-state index is 10.0. The molecule has 2 nitrogen and oxygen atoms in total. The number of hydrogen-bond acceptors (Lipinski definition) is 2. The normalized spacial score (nSPS) is 10.8. The molecule has 19 heavy (non-hydrogen) atoms. The van der Waals surface area contributed by atoms with Crippen molar-refractivity contribution in [1.29, 1.82) is 0 Å². The second-order valence-electron chi connectivity index (χ2n) is 5.63. The van der Waals surface area contributed by atoms with E-state index in [-0.39, 0.29) is 0 Å². The second kappa shape index (κ2) is 17.6. The van der Waals surface area contributed by atoms with Gasteiger partial charge >= 0.3 is 0 Å². The molecule has 0 fully saturated rings. The highest BCUT2D eigenvalue weighted by Gasteiger charge is 1.94. The molecular formula is C17H34NO. The Morgan fingerprint density at radius 3 is 1.16 bits per heavy atom. The van der Waals surface area contributed by atoms with Crippen LogP contribution in [0.25, 0.3) is 0 Å². The van der Waals surface area contributed by atoms with Gasteiger partial charge in [-0.2, -0.15) is 0 Å². The first-order chi connectivity index (χ1) is 9.41. The second-order valence-corrected chi connectivity index (χ2v) is 5.63. The molecule has 2 N–H and O–H groups in total. The van der Waals surface area contributed by atoms with Crippen LogP contribution in [0.15, 0.2) is 0 Å². The van der Waals surface area contributed by atoms with Gasteiger partial charge in [0, 0.05) is 6.42 Å². The maximum atomic E-state index is 10.0. The van der Waals surface area contributed by atoms with Gasteiger partial charge in [0.05, 0.1) is 0 Å². The molecule has 0 saturated carbocycles. The van der Waals surface area contributed by atoms with Crippen LogP contribution in [0.1, 0.15) is 96.3 Å². The fraction of sp³-hybridized carbons (Fsp3) is 0.941. The summed E-state index contributed by atoms with van der Waals surface area (Å²) in [5, 5.41) is 0. The highest BCUT2D eigenvalue weighted by Crippen LogP contribution is 2.12. The Balaban J connectivity index is 2.89. The van der Waals surface area contributed by atoms with Crippen molar-refractivity contribution in [2.75, 3.05) is 6.54 Å². The summed E-state index contributed by atoms with van der Waals surface area (Å²) < 4.78 is 0. The van der Waals surface area contributed by atoms with E-state index >= 15 is 0 Å². The first kappa shape index (κ1) is 18.6. The van der Waals surface area contributed by atoms with Crippen molar-refractivity contribution in [1.82, 2.24) is 0 Å². The van der Waals surface area contributed by atoms with Crippen molar-refractivity contribution in [3.8, 4) is 0 Å². The Hall–Kier alpha value is -0.370. The van der Waals surface area contributed by atoms with Crippen LogP contribution in [0.2, 0.25) is 0 Å². The van der Waals surface area contributed by atoms with Gasteiger partial charge in [-0.25, -0.2) is 0 Å². The summed E-state index contributed by atoms with van der Waals surface area (Å²) in [6.07, 6.45) is 21.2. The van der Waals surface area contributed by atoms with Gasteiger partial charge in [0.2, 0.25) is 0 Å². The molecule has 0 saturated heterocycles. The third-order valence-electron chi connectivity index (χ3n) is 3.73. The quantitative estimate of drug-likeness (QED) is 0.404. The van der Waals surface area contributed by atoms with E-state index < -0.39 is 0 Å². The van der Waals surface area contributed by atoms with Crippen LogP contribution in [0.4, 0.5) is 0 Å². The third kappa shape index (κ3) is 17.6. The molecule has 0 atom stereocenters. The topological polar surface area (TPSA) is 43.1 Å². The summed E-state index contributed by atoms with van der Waals surface area (Å²) in [6.45, 7) is 0.855. The van der Waals surface area contributed by atoms with Gasteiger partial charge in [-0.05, 0) is 19.4 Å². The van der Waals surface area contributed by atoms with Crippen molar-refractivity contribution in [2.24, 2.45) is 5.73 Å². The molecule has 0 aromatic heterocycles. The minimum atomic E-state index is 0.630. The molecule has 0 aliphatic rings. The molecular weight excluding hydrogens is 234 g/mol. The first-order valence-corrected chi connectivity index (χ1v) is 8.47. The molecule has 0 spiro atoms. The fourth-order valence-electron chi connectivity index (χ4n) is 2.46. The van der Waals surface area contributed by atoms with E-state index in [0.29, 0.717) is 6.42 Å². The molecule has 0 amide bonds. The average molecular weight is 268 g/mol. The molecule has 0 rings (SSSR count). The van der Waals surface area contributed by atoms with E-state index in [4.69, 9.17) is 5.73 Å². The number of carbonyl (C=O) groups excluding carboxylic acids is 1. The van der Waals surface area contributed by atoms with Crippen LogP contribution in [0, 0.1) is 0 Å². The van der Waals surface area contributed by atoms with Crippen LogP contribution in [0.3, 0.4) is 0 Å². The summed E-state index contributed by atoms with van der Waals surface area (Å²) in [6, 6.07) is 0. The number of hydrogen-bond donors (Lipinski definition) is 1. The Bertz CT molecular complexity index is 171. The van der Waals surface area contributed by atoms with Crippen LogP contribution >= 0.6 is 0 Å². The van der Waals surface area contributed by atoms with Crippen molar-refractivity contribution >= 4 is 6.29 Å². The number of nitrogens with two attached hydrogens (primary N) is 1. The highest BCUT2D eigenvalue weighted by atomic mass is 16.1. The third-order valence-corrected chi connectivity index (χ3v) is 3.73. The Morgan fingerprint density at radius 2 is 0.842 bits per heavy atom. The minimum Gasteiger partial charge on any atom is -0.330 e. The van der Waals surface area contributed by atoms with E-state index in [2.05, 4.69) is 0 Å². The van der Waals surface area contributed by atoms with Crippen molar-refractivity contribution < 1.29 is 4.79 Å². The summed E-state index contributed by atoms with van der Waals surface area (Å²) in [7, 11) is 0. The summed E-state index contributed by atoms with van der Waals surface area (Å²) >= 11 is 0. The van der Waals surface area contributed by atoms with Crippen LogP contribution in [-0.4, -0.2) is 12.8 Å². The SMILES string of the molecule is NCCCCCCCCCCCCCCCC[C]=O. The molecule has 0 aliphatic carbocycles. The molecule has 0 aromatic rings. The van der Waals surface area contributed by atoms with E-state index in [9.17, 15) is 4.79 Å². The first-order valence-electron chi connectivity index (χ1n) is 8.47. The fourth-order valence-corrected chi connectivity index (χ4v) is 2.46. The zero-order valence-electron chi connectivity index (χ0n) is 12.8. The van der Waals surface area contributed by atoms with Gasteiger partial charge in [0.1, 0.15) is 0 Å². The zero-order chi connectivity index (χ0) is 14.0. The standard InChI is InChI=1S/C17H34NO/c18-16-14-12-10-8-6-4-2-1-3-5-7-9-11-13-15-17-19/h1-16,18H2. The summed E-state index contributed by atoms with van der Waals surface area (Å²) in [4.78, 5) is 10.0. The van der Waals surface area contributed by atoms with Gasteiger partial charge in [0.15, 0.2) is 6.29 Å². The lowest BCUT2D eigenvalue weighted by atomic mass is 10.0. The smallest absolute Gasteiger partial charge is 0.198 e. The maximum Gasteiger partial charge on any atom is 0.198 e. The summed E-state index contributed by atoms with van der Waals surface area (Å²) in [5.74, 6) is 0. The lowest BCUT2D eigenvalue weighted by molar-refractivity contribution is 0.528. The van der Waals surface area contributed by atoms with Crippen LogP contribution < -0.4 is 5.73 Å². The predicted octanol–water partition coefficient (Wildman–Crippen LogP) is 4.91. The Labute approximate surface area is 120 Å². The van der Waals surface area contributed by atoms with Crippen LogP contribution in [0.5, 0.6) is 0 Å². The van der Waals surface area contributed by atoms with Gasteiger partial charge in [0.25, 0.3) is 0 Å². The molecule has 2 heteroatoms. The largest absolute Gasteiger partial charge is 0.330 e. The number of unbranched alkanes of at least 4 members (excludes halogenated alkanes) is 14. The van der Waals surface area contributed by atoms with Crippen LogP contribution in [-0.2, 0) is 4.79 Å². The Morgan fingerprint density at radius 1 is 0.526 bits per heavy atom. The van der Waals surface area contributed by atoms with E-state index in [1.165, 1.54) is 83.5 Å². The molecule has 0 aromatic carbocycles. The van der Waals surface area contributed by atoms with Crippen molar-refractivity contribution in [2.45, 2.75) is 96.3 Å². The monoisotopic (exact) mass is 268 g/mol. The van der Waals surface area contributed by atoms with E-state index in [1.807, 2.05) is 6.29 Å². The van der Waals surface area contributed by atoms with Crippen molar-refractivity contribution in [3.05, 3.63) is 0 Å². The predicted molar refractivity (Wildman–Crippen MR) is 84.0 cm³/mol. The molecule has 0 aliphatic heterocycles. The van der Waals surface area contributed by atoms with Gasteiger partial charge < -0.3 is 5.73 Å². The van der Waals surface area contributed by atoms with Gasteiger partial charge in [-0.1, -0.05) is 77.0 Å². The Kier molecular flexibility index (Phi) is 17.3. The number of rotatable bonds is 16. The van der Waals surface area contributed by atoms with Gasteiger partial charge in [-0.15, -0.1) is 0 Å². The molecule has 0 unspecified atom stereocenters. The van der Waals surface area contributed by atoms with Crippen molar-refractivity contribution in [3.63, 3.8) is 0 Å². The van der Waals surface area contributed by atoms with Gasteiger partial charge in [-0.3, -0.25) is 4.79 Å². The van der Waals surface area contributed by atoms with E-state index in [1.54, 1.807) is 0 Å². The summed E-state index contributed by atoms with van der Waals surface area (Å²) in [5.41, 5.74) is 5.47.